The van der Waals surface area contributed by atoms with E-state index in [0.717, 1.165) is 5.69 Å². The van der Waals surface area contributed by atoms with Gasteiger partial charge in [-0.3, -0.25) is 0 Å². The highest BCUT2D eigenvalue weighted by Crippen LogP contribution is 1.82. The van der Waals surface area contributed by atoms with E-state index in [1.807, 2.05) is 13.0 Å². The standard InChI is InChI=1S/C5H6N2.BH3O2/c1-5-2-3-6-4-7-5;2-1-3/h2-4H,1H3;1-3H. The minimum absolute atomic E-state index is 0.750. The molecule has 0 aliphatic heterocycles. The lowest BCUT2D eigenvalue weighted by molar-refractivity contribution is 0.448. The van der Waals surface area contributed by atoms with Crippen LogP contribution in [0.4, 0.5) is 0 Å². The third-order valence-corrected chi connectivity index (χ3v) is 0.730. The Balaban J connectivity index is 0.000000236. The van der Waals surface area contributed by atoms with Crippen molar-refractivity contribution in [1.82, 2.24) is 9.97 Å². The highest BCUT2D eigenvalue weighted by molar-refractivity contribution is 6.13. The van der Waals surface area contributed by atoms with Crippen molar-refractivity contribution in [3.05, 3.63) is 24.3 Å². The van der Waals surface area contributed by atoms with E-state index in [1.54, 1.807) is 6.20 Å². The molecule has 5 heteroatoms. The summed E-state index contributed by atoms with van der Waals surface area (Å²) in [6, 6.07) is 1.86. The van der Waals surface area contributed by atoms with Crippen LogP contribution in [0.15, 0.2) is 18.6 Å². The van der Waals surface area contributed by atoms with E-state index in [0.29, 0.717) is 0 Å². The fourth-order valence-electron chi connectivity index (χ4n) is 0.357. The van der Waals surface area contributed by atoms with E-state index < -0.39 is 7.69 Å². The van der Waals surface area contributed by atoms with E-state index in [1.165, 1.54) is 6.33 Å². The first kappa shape index (κ1) is 9.06. The number of rotatable bonds is 0. The van der Waals surface area contributed by atoms with Gasteiger partial charge in [-0.05, 0) is 13.0 Å². The second-order valence-corrected chi connectivity index (χ2v) is 1.49. The van der Waals surface area contributed by atoms with Crippen molar-refractivity contribution in [2.75, 3.05) is 0 Å². The summed E-state index contributed by atoms with van der Waals surface area (Å²) in [5.74, 6) is 0. The summed E-state index contributed by atoms with van der Waals surface area (Å²) in [4.78, 5) is 7.60. The average Bonchev–Trinajstić information content (AvgIpc) is 1.91. The molecule has 1 aromatic heterocycles. The second-order valence-electron chi connectivity index (χ2n) is 1.49. The maximum absolute atomic E-state index is 7.12. The molecule has 0 aliphatic carbocycles. The van der Waals surface area contributed by atoms with Gasteiger partial charge < -0.3 is 10.0 Å². The lowest BCUT2D eigenvalue weighted by Crippen LogP contribution is -1.77. The molecule has 0 atom stereocenters. The van der Waals surface area contributed by atoms with Gasteiger partial charge in [0.25, 0.3) is 0 Å². The van der Waals surface area contributed by atoms with Crippen molar-refractivity contribution < 1.29 is 10.0 Å². The van der Waals surface area contributed by atoms with Crippen LogP contribution in [0.5, 0.6) is 0 Å². The minimum Gasteiger partial charge on any atom is -0.430 e. The largest absolute Gasteiger partial charge is 0.432 e. The predicted octanol–water partition coefficient (Wildman–Crippen LogP) is -0.977. The summed E-state index contributed by atoms with van der Waals surface area (Å²) in [6.45, 7) is 1.93. The summed E-state index contributed by atoms with van der Waals surface area (Å²) in [6.07, 6.45) is 3.26. The van der Waals surface area contributed by atoms with Crippen LogP contribution in [0, 0.1) is 6.92 Å². The fraction of sp³-hybridized carbons (Fsp3) is 0.200. The Morgan fingerprint density at radius 3 is 2.30 bits per heavy atom. The van der Waals surface area contributed by atoms with Gasteiger partial charge in [-0.1, -0.05) is 0 Å². The maximum Gasteiger partial charge on any atom is 0.432 e. The Labute approximate surface area is 59.9 Å². The zero-order valence-electron chi connectivity index (χ0n) is 5.73. The SMILES string of the molecule is Cc1ccncn1.OBO. The lowest BCUT2D eigenvalue weighted by atomic mass is 10.5. The first-order valence-electron chi connectivity index (χ1n) is 2.75. The van der Waals surface area contributed by atoms with Gasteiger partial charge in [-0.25, -0.2) is 9.97 Å². The van der Waals surface area contributed by atoms with Gasteiger partial charge in [0.15, 0.2) is 0 Å². The Bertz CT molecular complexity index is 159. The van der Waals surface area contributed by atoms with E-state index in [-0.39, 0.29) is 0 Å². The highest BCUT2D eigenvalue weighted by atomic mass is 16.4. The molecule has 0 aliphatic rings. The molecule has 0 saturated heterocycles. The fourth-order valence-corrected chi connectivity index (χ4v) is 0.357. The summed E-state index contributed by atoms with van der Waals surface area (Å²) in [5, 5.41) is 14.2. The van der Waals surface area contributed by atoms with Crippen LogP contribution < -0.4 is 0 Å². The highest BCUT2D eigenvalue weighted by Gasteiger charge is 1.74. The van der Waals surface area contributed by atoms with E-state index in [4.69, 9.17) is 10.0 Å². The Kier molecular flexibility index (Phi) is 5.61. The van der Waals surface area contributed by atoms with Crippen LogP contribution >= 0.6 is 0 Å². The third-order valence-electron chi connectivity index (χ3n) is 0.730. The Hall–Kier alpha value is -0.935. The van der Waals surface area contributed by atoms with Gasteiger partial charge in [-0.15, -0.1) is 0 Å². The van der Waals surface area contributed by atoms with Gasteiger partial charge in [-0.2, -0.15) is 0 Å². The van der Waals surface area contributed by atoms with Crippen molar-refractivity contribution in [1.29, 1.82) is 0 Å². The molecule has 10 heavy (non-hydrogen) atoms. The molecule has 0 spiro atoms. The van der Waals surface area contributed by atoms with Crippen molar-refractivity contribution in [3.63, 3.8) is 0 Å². The molecule has 0 unspecified atom stereocenters. The molecule has 4 nitrogen and oxygen atoms in total. The van der Waals surface area contributed by atoms with E-state index >= 15 is 0 Å². The van der Waals surface area contributed by atoms with Crippen LogP contribution in [0.25, 0.3) is 0 Å². The van der Waals surface area contributed by atoms with Gasteiger partial charge in [0.05, 0.1) is 0 Å². The molecule has 1 heterocycles. The van der Waals surface area contributed by atoms with Gasteiger partial charge in [0.1, 0.15) is 6.33 Å². The van der Waals surface area contributed by atoms with Crippen LogP contribution in [0.2, 0.25) is 0 Å². The Morgan fingerprint density at radius 2 is 2.10 bits per heavy atom. The molecule has 0 amide bonds. The third kappa shape index (κ3) is 5.21. The molecule has 0 fully saturated rings. The first-order chi connectivity index (χ1) is 4.81. The van der Waals surface area contributed by atoms with E-state index in [9.17, 15) is 0 Å². The van der Waals surface area contributed by atoms with Gasteiger partial charge in [0.2, 0.25) is 0 Å². The zero-order valence-corrected chi connectivity index (χ0v) is 5.73. The molecule has 0 bridgehead atoms. The summed E-state index contributed by atoms with van der Waals surface area (Å²) < 4.78 is 0. The summed E-state index contributed by atoms with van der Waals surface area (Å²) >= 11 is 0. The van der Waals surface area contributed by atoms with Crippen molar-refractivity contribution >= 4 is 7.69 Å². The quantitative estimate of drug-likeness (QED) is 0.454. The molecule has 2 N–H and O–H groups in total. The average molecular weight is 140 g/mol. The van der Waals surface area contributed by atoms with Crippen LogP contribution in [0.1, 0.15) is 5.69 Å². The molecule has 1 aromatic rings. The molecule has 0 saturated carbocycles. The van der Waals surface area contributed by atoms with Crippen LogP contribution in [-0.4, -0.2) is 27.7 Å². The van der Waals surface area contributed by atoms with E-state index in [2.05, 4.69) is 9.97 Å². The van der Waals surface area contributed by atoms with Gasteiger partial charge in [0, 0.05) is 11.9 Å². The normalized spacial score (nSPS) is 7.50. The number of aromatic nitrogens is 2. The van der Waals surface area contributed by atoms with Crippen molar-refractivity contribution in [2.24, 2.45) is 0 Å². The molecule has 0 radical (unpaired) electrons. The number of hydrogen-bond donors (Lipinski definition) is 2. The maximum atomic E-state index is 7.12. The topological polar surface area (TPSA) is 66.2 Å². The van der Waals surface area contributed by atoms with Crippen molar-refractivity contribution in [3.8, 4) is 0 Å². The molecular formula is C5H9BN2O2. The van der Waals surface area contributed by atoms with Gasteiger partial charge >= 0.3 is 7.69 Å². The Morgan fingerprint density at radius 1 is 1.50 bits per heavy atom. The zero-order chi connectivity index (χ0) is 7.82. The predicted molar refractivity (Wildman–Crippen MR) is 38.4 cm³/mol. The van der Waals surface area contributed by atoms with Crippen molar-refractivity contribution in [2.45, 2.75) is 6.92 Å². The smallest absolute Gasteiger partial charge is 0.430 e. The number of nitrogens with zero attached hydrogens (tertiary/aromatic N) is 2. The first-order valence-corrected chi connectivity index (χ1v) is 2.75. The minimum atomic E-state index is -0.750. The molecular weight excluding hydrogens is 131 g/mol. The number of hydrogen-bond acceptors (Lipinski definition) is 4. The summed E-state index contributed by atoms with van der Waals surface area (Å²) in [7, 11) is -0.750. The second kappa shape index (κ2) is 6.19. The molecule has 1 rings (SSSR count). The van der Waals surface area contributed by atoms with Crippen LogP contribution in [-0.2, 0) is 0 Å². The van der Waals surface area contributed by atoms with Crippen LogP contribution in [0.3, 0.4) is 0 Å². The summed E-state index contributed by atoms with van der Waals surface area (Å²) in [5.41, 5.74) is 1.01. The molecule has 0 aromatic carbocycles. The number of aryl methyl sites for hydroxylation is 1. The lowest BCUT2D eigenvalue weighted by Gasteiger charge is -1.81. The molecule has 54 valence electrons. The monoisotopic (exact) mass is 140 g/mol.